The third-order valence-electron chi connectivity index (χ3n) is 10.3. The fourth-order valence-corrected chi connectivity index (χ4v) is 6.65. The van der Waals surface area contributed by atoms with E-state index < -0.39 is 17.6 Å². The largest absolute Gasteiger partial charge is 0.491 e. The summed E-state index contributed by atoms with van der Waals surface area (Å²) in [6.45, 7) is 15.4. The number of aryl methyl sites for hydroxylation is 1. The number of rotatable bonds is 18. The fraction of sp³-hybridized carbons (Fsp3) is 0.538. The summed E-state index contributed by atoms with van der Waals surface area (Å²) in [5.74, 6) is 1.52. The highest BCUT2D eigenvalue weighted by Gasteiger charge is 2.33. The van der Waals surface area contributed by atoms with Crippen molar-refractivity contribution in [1.82, 2.24) is 14.7 Å². The van der Waals surface area contributed by atoms with E-state index in [4.69, 9.17) is 9.47 Å². The summed E-state index contributed by atoms with van der Waals surface area (Å²) in [7, 11) is 0. The van der Waals surface area contributed by atoms with Crippen molar-refractivity contribution >= 4 is 0 Å². The summed E-state index contributed by atoms with van der Waals surface area (Å²) in [6.07, 6.45) is 2.55. The molecule has 3 saturated heterocycles. The van der Waals surface area contributed by atoms with Gasteiger partial charge in [-0.15, -0.1) is 0 Å². The minimum absolute atomic E-state index is 0.283. The van der Waals surface area contributed by atoms with Gasteiger partial charge in [0, 0.05) is 56.3 Å². The molecule has 248 valence electrons. The Hall–Kier alpha value is -2.94. The molecule has 3 aliphatic heterocycles. The van der Waals surface area contributed by atoms with E-state index in [1.165, 1.54) is 37.1 Å². The molecule has 8 unspecified atom stereocenters. The lowest BCUT2D eigenvalue weighted by atomic mass is 9.71. The Morgan fingerprint density at radius 2 is 1.02 bits per heavy atom. The van der Waals surface area contributed by atoms with Crippen LogP contribution in [0.2, 0.25) is 0 Å². The van der Waals surface area contributed by atoms with E-state index in [1.807, 2.05) is 24.3 Å². The van der Waals surface area contributed by atoms with Crippen LogP contribution in [0.1, 0.15) is 62.8 Å². The Morgan fingerprint density at radius 3 is 1.41 bits per heavy atom. The van der Waals surface area contributed by atoms with Crippen molar-refractivity contribution in [2.24, 2.45) is 0 Å². The molecule has 0 bridgehead atoms. The molecular formula is C39H53N3O4. The smallest absolute Gasteiger partial charge is 0.119 e. The zero-order valence-electron chi connectivity index (χ0n) is 28.1. The van der Waals surface area contributed by atoms with Crippen LogP contribution in [0.3, 0.4) is 0 Å². The van der Waals surface area contributed by atoms with Crippen molar-refractivity contribution in [3.8, 4) is 11.5 Å². The standard InChI is InChI=1S/C39H53N3O4/c1-28-21-40(28)20-6-5-7-31-8-10-32(11-9-31)39(4,33-12-16-37(17-13-33)45-26-35(43)24-41-22-29(41)2)34-14-18-38(19-15-34)46-27-36(44)25-42-23-30(42)3/h8-19,28-30,35-36,43-44H,5-7,20-27H2,1-4H3. The minimum atomic E-state index is -0.500. The highest BCUT2D eigenvalue weighted by Crippen LogP contribution is 2.40. The molecule has 3 aromatic rings. The van der Waals surface area contributed by atoms with Crippen LogP contribution < -0.4 is 9.47 Å². The number of aliphatic hydroxyl groups is 2. The third-order valence-corrected chi connectivity index (χ3v) is 10.3. The summed E-state index contributed by atoms with van der Waals surface area (Å²) in [5.41, 5.74) is 4.52. The summed E-state index contributed by atoms with van der Waals surface area (Å²) in [6, 6.07) is 27.7. The van der Waals surface area contributed by atoms with E-state index in [9.17, 15) is 10.2 Å². The van der Waals surface area contributed by atoms with Crippen molar-refractivity contribution in [2.45, 2.75) is 82.7 Å². The number of nitrogens with zero attached hydrogens (tertiary/aromatic N) is 3. The van der Waals surface area contributed by atoms with Gasteiger partial charge in [0.05, 0.1) is 0 Å². The van der Waals surface area contributed by atoms with E-state index >= 15 is 0 Å². The molecular weight excluding hydrogens is 574 g/mol. The van der Waals surface area contributed by atoms with E-state index in [0.717, 1.165) is 48.2 Å². The number of hydrogen-bond donors (Lipinski definition) is 2. The van der Waals surface area contributed by atoms with Gasteiger partial charge in [-0.3, -0.25) is 14.7 Å². The van der Waals surface area contributed by atoms with Crippen LogP contribution in [0, 0.1) is 0 Å². The fourth-order valence-electron chi connectivity index (χ4n) is 6.65. The van der Waals surface area contributed by atoms with Crippen LogP contribution in [0.5, 0.6) is 11.5 Å². The number of β-amino-alcohol motifs (C(OH)–C–C–N with tert-alkyl or cyclic N) is 2. The van der Waals surface area contributed by atoms with Crippen LogP contribution in [-0.4, -0.2) is 108 Å². The lowest BCUT2D eigenvalue weighted by molar-refractivity contribution is 0.0924. The highest BCUT2D eigenvalue weighted by atomic mass is 16.5. The zero-order valence-corrected chi connectivity index (χ0v) is 28.1. The summed E-state index contributed by atoms with van der Waals surface area (Å²) in [5, 5.41) is 20.8. The van der Waals surface area contributed by atoms with Crippen LogP contribution in [0.25, 0.3) is 0 Å². The van der Waals surface area contributed by atoms with Crippen molar-refractivity contribution in [3.05, 3.63) is 95.1 Å². The third kappa shape index (κ3) is 8.50. The normalized spacial score (nSPS) is 27.3. The Labute approximate surface area is 275 Å². The minimum Gasteiger partial charge on any atom is -0.491 e. The van der Waals surface area contributed by atoms with E-state index in [-0.39, 0.29) is 13.2 Å². The quantitative estimate of drug-likeness (QED) is 0.118. The molecule has 3 heterocycles. The lowest BCUT2D eigenvalue weighted by Gasteiger charge is -2.32. The average molecular weight is 628 g/mol. The molecule has 7 heteroatoms. The van der Waals surface area contributed by atoms with E-state index in [1.54, 1.807) is 0 Å². The molecule has 0 aromatic heterocycles. The van der Waals surface area contributed by atoms with Gasteiger partial charge in [-0.1, -0.05) is 48.5 Å². The Balaban J connectivity index is 1.14. The topological polar surface area (TPSA) is 68.0 Å². The molecule has 0 amide bonds. The van der Waals surface area contributed by atoms with Crippen LogP contribution in [0.15, 0.2) is 72.8 Å². The Bertz CT molecular complexity index is 1320. The van der Waals surface area contributed by atoms with Crippen molar-refractivity contribution in [2.75, 3.05) is 52.5 Å². The predicted octanol–water partition coefficient (Wildman–Crippen LogP) is 4.96. The lowest BCUT2D eigenvalue weighted by Crippen LogP contribution is -2.27. The SMILES string of the molecule is CC1CN1CCCCc1ccc(C(C)(c2ccc(OCC(O)CN3CC3C)cc2)c2ccc(OCC(O)CN3CC3C)cc2)cc1. The number of ether oxygens (including phenoxy) is 2. The summed E-state index contributed by atoms with van der Waals surface area (Å²) >= 11 is 0. The molecule has 3 aliphatic rings. The molecule has 2 N–H and O–H groups in total. The van der Waals surface area contributed by atoms with Crippen LogP contribution in [0.4, 0.5) is 0 Å². The predicted molar refractivity (Wildman–Crippen MR) is 184 cm³/mol. The van der Waals surface area contributed by atoms with Crippen LogP contribution in [-0.2, 0) is 11.8 Å². The van der Waals surface area contributed by atoms with Gasteiger partial charge in [-0.25, -0.2) is 0 Å². The van der Waals surface area contributed by atoms with Gasteiger partial charge in [-0.05, 0) is 100 Å². The number of hydrogen-bond acceptors (Lipinski definition) is 7. The van der Waals surface area contributed by atoms with Gasteiger partial charge in [0.2, 0.25) is 0 Å². The molecule has 3 fully saturated rings. The van der Waals surface area contributed by atoms with Gasteiger partial charge in [0.15, 0.2) is 0 Å². The average Bonchev–Trinajstić information content (AvgIpc) is 4.03. The van der Waals surface area contributed by atoms with Gasteiger partial charge in [0.25, 0.3) is 0 Å². The first-order valence-electron chi connectivity index (χ1n) is 17.3. The van der Waals surface area contributed by atoms with E-state index in [2.05, 4.69) is 90.9 Å². The summed E-state index contributed by atoms with van der Waals surface area (Å²) in [4.78, 5) is 7.02. The molecule has 46 heavy (non-hydrogen) atoms. The monoisotopic (exact) mass is 627 g/mol. The molecule has 7 nitrogen and oxygen atoms in total. The molecule has 8 atom stereocenters. The number of aliphatic hydroxyl groups excluding tert-OH is 2. The van der Waals surface area contributed by atoms with Crippen molar-refractivity contribution in [1.29, 1.82) is 0 Å². The first-order chi connectivity index (χ1) is 22.2. The highest BCUT2D eigenvalue weighted by molar-refractivity contribution is 5.51. The van der Waals surface area contributed by atoms with Crippen LogP contribution >= 0.6 is 0 Å². The molecule has 0 aliphatic carbocycles. The Kier molecular flexibility index (Phi) is 10.4. The van der Waals surface area contributed by atoms with Gasteiger partial charge in [-0.2, -0.15) is 0 Å². The first kappa shape index (κ1) is 33.0. The number of unbranched alkanes of at least 4 members (excludes halogenated alkanes) is 1. The van der Waals surface area contributed by atoms with E-state index in [0.29, 0.717) is 25.2 Å². The summed E-state index contributed by atoms with van der Waals surface area (Å²) < 4.78 is 11.9. The van der Waals surface area contributed by atoms with Gasteiger partial charge in [0.1, 0.15) is 36.9 Å². The molecule has 3 aromatic carbocycles. The maximum atomic E-state index is 10.4. The maximum absolute atomic E-state index is 10.4. The molecule has 6 rings (SSSR count). The van der Waals surface area contributed by atoms with Crippen molar-refractivity contribution < 1.29 is 19.7 Å². The second-order valence-corrected chi connectivity index (χ2v) is 14.2. The second kappa shape index (κ2) is 14.4. The number of benzene rings is 3. The van der Waals surface area contributed by atoms with Gasteiger partial charge < -0.3 is 19.7 Å². The Morgan fingerprint density at radius 1 is 0.630 bits per heavy atom. The maximum Gasteiger partial charge on any atom is 0.119 e. The molecule has 0 saturated carbocycles. The second-order valence-electron chi connectivity index (χ2n) is 14.2. The first-order valence-corrected chi connectivity index (χ1v) is 17.3. The van der Waals surface area contributed by atoms with Gasteiger partial charge >= 0.3 is 0 Å². The zero-order chi connectivity index (χ0) is 32.3. The molecule has 0 spiro atoms. The van der Waals surface area contributed by atoms with Crippen molar-refractivity contribution in [3.63, 3.8) is 0 Å². The molecule has 0 radical (unpaired) electrons.